The van der Waals surface area contributed by atoms with Crippen LogP contribution < -0.4 is 10.1 Å². The van der Waals surface area contributed by atoms with Gasteiger partial charge in [0, 0.05) is 25.3 Å². The lowest BCUT2D eigenvalue weighted by molar-refractivity contribution is -0.117. The fourth-order valence-corrected chi connectivity index (χ4v) is 4.41. The number of hydrogen-bond donors (Lipinski definition) is 1. The zero-order valence-corrected chi connectivity index (χ0v) is 16.4. The number of nitrogens with one attached hydrogen (secondary N) is 1. The lowest BCUT2D eigenvalue weighted by Gasteiger charge is -2.31. The van der Waals surface area contributed by atoms with Crippen molar-refractivity contribution in [1.82, 2.24) is 19.6 Å². The Balaban J connectivity index is 1.64. The van der Waals surface area contributed by atoms with E-state index >= 15 is 0 Å². The second-order valence-electron chi connectivity index (χ2n) is 6.46. The lowest BCUT2D eigenvalue weighted by Crippen LogP contribution is -2.46. The molecule has 0 aliphatic carbocycles. The monoisotopic (exact) mass is 402 g/mol. The molecule has 1 aliphatic heterocycles. The number of rotatable bonds is 6. The average Bonchev–Trinajstić information content (AvgIpc) is 2.69. The molecule has 1 fully saturated rings. The van der Waals surface area contributed by atoms with Crippen molar-refractivity contribution in [2.45, 2.75) is 30.7 Å². The summed E-state index contributed by atoms with van der Waals surface area (Å²) in [6, 6.07) is 6.17. The number of carbonyl (C=O) groups is 1. The van der Waals surface area contributed by atoms with E-state index in [1.807, 2.05) is 6.92 Å². The molecular formula is C19H22N4O4S. The molecule has 0 spiro atoms. The fraction of sp³-hybridized carbons (Fsp3) is 0.316. The standard InChI is InChI=1S/C19H22N4O4S/c1-3-18(24)22-15-8-10-23(11-9-15)28(25,26)17-6-4-16(5-7-17)27-19-13-20-12-14(2)21-19/h3-7,12-13,15H,1,8-11H2,2H3,(H,22,24). The van der Waals surface area contributed by atoms with Crippen molar-refractivity contribution in [3.63, 3.8) is 0 Å². The van der Waals surface area contributed by atoms with E-state index in [-0.39, 0.29) is 16.8 Å². The summed E-state index contributed by atoms with van der Waals surface area (Å²) < 4.78 is 32.7. The van der Waals surface area contributed by atoms with Crippen LogP contribution in [0.2, 0.25) is 0 Å². The van der Waals surface area contributed by atoms with E-state index in [0.29, 0.717) is 37.6 Å². The average molecular weight is 402 g/mol. The molecule has 0 saturated carbocycles. The quantitative estimate of drug-likeness (QED) is 0.742. The summed E-state index contributed by atoms with van der Waals surface area (Å²) in [4.78, 5) is 19.8. The zero-order valence-electron chi connectivity index (χ0n) is 15.5. The summed E-state index contributed by atoms with van der Waals surface area (Å²) in [6.45, 7) is 5.93. The van der Waals surface area contributed by atoms with E-state index < -0.39 is 10.0 Å². The highest BCUT2D eigenvalue weighted by Gasteiger charge is 2.29. The topological polar surface area (TPSA) is 101 Å². The summed E-state index contributed by atoms with van der Waals surface area (Å²) in [5, 5.41) is 2.81. The van der Waals surface area contributed by atoms with Crippen molar-refractivity contribution in [2.24, 2.45) is 0 Å². The van der Waals surface area contributed by atoms with Gasteiger partial charge in [-0.1, -0.05) is 6.58 Å². The number of amides is 1. The zero-order chi connectivity index (χ0) is 20.1. The van der Waals surface area contributed by atoms with Crippen molar-refractivity contribution < 1.29 is 17.9 Å². The Bertz CT molecular complexity index is 952. The third-order valence-electron chi connectivity index (χ3n) is 4.40. The maximum Gasteiger partial charge on any atom is 0.243 e. The van der Waals surface area contributed by atoms with Gasteiger partial charge < -0.3 is 10.1 Å². The Labute approximate surface area is 164 Å². The normalized spacial score (nSPS) is 15.8. The molecule has 148 valence electrons. The van der Waals surface area contributed by atoms with Crippen molar-refractivity contribution >= 4 is 15.9 Å². The van der Waals surface area contributed by atoms with E-state index in [1.165, 1.54) is 28.7 Å². The summed E-state index contributed by atoms with van der Waals surface area (Å²) >= 11 is 0. The van der Waals surface area contributed by atoms with Gasteiger partial charge in [0.1, 0.15) is 5.75 Å². The summed E-state index contributed by atoms with van der Waals surface area (Å²) in [7, 11) is -3.60. The van der Waals surface area contributed by atoms with Crippen molar-refractivity contribution in [3.05, 3.63) is 55.0 Å². The van der Waals surface area contributed by atoms with E-state index in [0.717, 1.165) is 5.69 Å². The molecule has 3 rings (SSSR count). The van der Waals surface area contributed by atoms with Gasteiger partial charge in [-0.3, -0.25) is 9.78 Å². The van der Waals surface area contributed by atoms with Crippen LogP contribution in [-0.2, 0) is 14.8 Å². The number of ether oxygens (including phenoxy) is 1. The molecule has 0 bridgehead atoms. The van der Waals surface area contributed by atoms with Crippen LogP contribution in [0, 0.1) is 6.92 Å². The lowest BCUT2D eigenvalue weighted by atomic mass is 10.1. The maximum atomic E-state index is 12.8. The third-order valence-corrected chi connectivity index (χ3v) is 6.32. The van der Waals surface area contributed by atoms with Crippen LogP contribution in [0.15, 0.2) is 54.2 Å². The van der Waals surface area contributed by atoms with Gasteiger partial charge >= 0.3 is 0 Å². The van der Waals surface area contributed by atoms with Gasteiger partial charge in [-0.15, -0.1) is 0 Å². The number of carbonyl (C=O) groups excluding carboxylic acids is 1. The molecule has 1 aromatic heterocycles. The molecular weight excluding hydrogens is 380 g/mol. The fourth-order valence-electron chi connectivity index (χ4n) is 2.94. The number of nitrogens with zero attached hydrogens (tertiary/aromatic N) is 3. The SMILES string of the molecule is C=CC(=O)NC1CCN(S(=O)(=O)c2ccc(Oc3cncc(C)n3)cc2)CC1. The molecule has 1 amide bonds. The van der Waals surface area contributed by atoms with Crippen LogP contribution in [0.4, 0.5) is 0 Å². The van der Waals surface area contributed by atoms with Gasteiger partial charge in [0.05, 0.1) is 16.8 Å². The maximum absolute atomic E-state index is 12.8. The Morgan fingerprint density at radius 3 is 2.54 bits per heavy atom. The minimum absolute atomic E-state index is 0.0387. The molecule has 0 unspecified atom stereocenters. The number of sulfonamides is 1. The van der Waals surface area contributed by atoms with Crippen molar-refractivity contribution in [3.8, 4) is 11.6 Å². The van der Waals surface area contributed by atoms with Crippen LogP contribution >= 0.6 is 0 Å². The highest BCUT2D eigenvalue weighted by molar-refractivity contribution is 7.89. The molecule has 1 aliphatic rings. The van der Waals surface area contributed by atoms with Gasteiger partial charge in [-0.2, -0.15) is 4.31 Å². The smallest absolute Gasteiger partial charge is 0.243 e. The second-order valence-corrected chi connectivity index (χ2v) is 8.40. The summed E-state index contributed by atoms with van der Waals surface area (Å²) in [6.07, 6.45) is 5.45. The van der Waals surface area contributed by atoms with Gasteiger partial charge in [0.25, 0.3) is 0 Å². The van der Waals surface area contributed by atoms with E-state index in [2.05, 4.69) is 21.9 Å². The van der Waals surface area contributed by atoms with E-state index in [9.17, 15) is 13.2 Å². The first kappa shape index (κ1) is 20.0. The molecule has 0 atom stereocenters. The third kappa shape index (κ3) is 4.73. The molecule has 0 radical (unpaired) electrons. The molecule has 28 heavy (non-hydrogen) atoms. The molecule has 1 saturated heterocycles. The summed E-state index contributed by atoms with van der Waals surface area (Å²) in [5.41, 5.74) is 0.726. The Hall–Kier alpha value is -2.78. The molecule has 1 aromatic carbocycles. The second kappa shape index (κ2) is 8.49. The highest BCUT2D eigenvalue weighted by Crippen LogP contribution is 2.25. The predicted molar refractivity (Wildman–Crippen MR) is 103 cm³/mol. The Morgan fingerprint density at radius 2 is 1.93 bits per heavy atom. The molecule has 8 nitrogen and oxygen atoms in total. The van der Waals surface area contributed by atoms with Crippen molar-refractivity contribution in [2.75, 3.05) is 13.1 Å². The molecule has 2 heterocycles. The number of benzene rings is 1. The number of aromatic nitrogens is 2. The highest BCUT2D eigenvalue weighted by atomic mass is 32.2. The van der Waals surface area contributed by atoms with Crippen LogP contribution in [0.1, 0.15) is 18.5 Å². The number of aryl methyl sites for hydroxylation is 1. The van der Waals surface area contributed by atoms with Crippen LogP contribution in [0.5, 0.6) is 11.6 Å². The van der Waals surface area contributed by atoms with Gasteiger partial charge in [0.2, 0.25) is 21.8 Å². The van der Waals surface area contributed by atoms with Crippen LogP contribution in [0.25, 0.3) is 0 Å². The molecule has 2 aromatic rings. The minimum atomic E-state index is -3.60. The predicted octanol–water partition coefficient (Wildman–Crippen LogP) is 2.03. The van der Waals surface area contributed by atoms with Gasteiger partial charge in [-0.05, 0) is 50.1 Å². The Morgan fingerprint density at radius 1 is 1.25 bits per heavy atom. The van der Waals surface area contributed by atoms with Crippen molar-refractivity contribution in [1.29, 1.82) is 0 Å². The van der Waals surface area contributed by atoms with E-state index in [4.69, 9.17) is 4.74 Å². The van der Waals surface area contributed by atoms with E-state index in [1.54, 1.807) is 18.3 Å². The largest absolute Gasteiger partial charge is 0.437 e. The molecule has 9 heteroatoms. The minimum Gasteiger partial charge on any atom is -0.437 e. The van der Waals surface area contributed by atoms with Gasteiger partial charge in [-0.25, -0.2) is 13.4 Å². The number of hydrogen-bond acceptors (Lipinski definition) is 6. The number of piperidine rings is 1. The van der Waals surface area contributed by atoms with Gasteiger partial charge in [0.15, 0.2) is 0 Å². The van der Waals surface area contributed by atoms with Crippen LogP contribution in [0.3, 0.4) is 0 Å². The first-order valence-electron chi connectivity index (χ1n) is 8.88. The first-order chi connectivity index (χ1) is 13.4. The molecule has 1 N–H and O–H groups in total. The first-order valence-corrected chi connectivity index (χ1v) is 10.3. The van der Waals surface area contributed by atoms with Crippen LogP contribution in [-0.4, -0.2) is 47.7 Å². The Kier molecular flexibility index (Phi) is 6.05. The summed E-state index contributed by atoms with van der Waals surface area (Å²) in [5.74, 6) is 0.583.